The highest BCUT2D eigenvalue weighted by Gasteiger charge is 2.32. The number of carbonyl (C=O) groups is 1. The van der Waals surface area contributed by atoms with E-state index in [9.17, 15) is 13.2 Å². The van der Waals surface area contributed by atoms with E-state index in [0.29, 0.717) is 20.5 Å². The molecule has 1 N–H and O–H groups in total. The zero-order valence-corrected chi connectivity index (χ0v) is 14.8. The Kier molecular flexibility index (Phi) is 5.52. The van der Waals surface area contributed by atoms with Gasteiger partial charge in [0.1, 0.15) is 4.32 Å². The summed E-state index contributed by atoms with van der Waals surface area (Å²) in [7, 11) is -4.16. The molecule has 1 aliphatic rings. The van der Waals surface area contributed by atoms with E-state index in [1.54, 1.807) is 24.3 Å². The molecule has 5 nitrogen and oxygen atoms in total. The van der Waals surface area contributed by atoms with Crippen molar-refractivity contribution in [3.05, 3.63) is 38.7 Å². The molecule has 1 saturated heterocycles. The molecule has 1 aromatic rings. The molecule has 1 aromatic carbocycles. The van der Waals surface area contributed by atoms with Crippen LogP contribution >= 0.6 is 47.2 Å². The summed E-state index contributed by atoms with van der Waals surface area (Å²) < 4.78 is 30.5. The molecular formula is C12H9Cl2NO4S3. The molecule has 1 fully saturated rings. The van der Waals surface area contributed by atoms with Crippen molar-refractivity contribution in [3.63, 3.8) is 0 Å². The lowest BCUT2D eigenvalue weighted by atomic mass is 10.2. The third-order valence-electron chi connectivity index (χ3n) is 2.70. The van der Waals surface area contributed by atoms with E-state index in [2.05, 4.69) is 0 Å². The van der Waals surface area contributed by atoms with Crippen molar-refractivity contribution in [2.75, 3.05) is 12.3 Å². The van der Waals surface area contributed by atoms with E-state index in [0.717, 1.165) is 16.7 Å². The lowest BCUT2D eigenvalue weighted by Crippen LogP contribution is -2.32. The fourth-order valence-electron chi connectivity index (χ4n) is 1.66. The molecule has 1 heterocycles. The first kappa shape index (κ1) is 17.7. The fourth-order valence-corrected chi connectivity index (χ4v) is 3.84. The quantitative estimate of drug-likeness (QED) is 0.477. The maximum absolute atomic E-state index is 12.2. The Morgan fingerprint density at radius 2 is 2.05 bits per heavy atom. The van der Waals surface area contributed by atoms with E-state index < -0.39 is 21.8 Å². The summed E-state index contributed by atoms with van der Waals surface area (Å²) in [5, 5.41) is 0.860. The fraction of sp³-hybridized carbons (Fsp3) is 0.167. The number of hydrogen-bond acceptors (Lipinski definition) is 5. The van der Waals surface area contributed by atoms with Gasteiger partial charge >= 0.3 is 0 Å². The average Bonchev–Trinajstić information content (AvgIpc) is 2.65. The highest BCUT2D eigenvalue weighted by atomic mass is 35.5. The van der Waals surface area contributed by atoms with E-state index in [4.69, 9.17) is 40.0 Å². The summed E-state index contributed by atoms with van der Waals surface area (Å²) in [4.78, 5) is 13.7. The molecule has 2 rings (SSSR count). The number of thiocarbonyl (C=S) groups is 1. The Morgan fingerprint density at radius 3 is 2.64 bits per heavy atom. The van der Waals surface area contributed by atoms with Gasteiger partial charge in [-0.1, -0.05) is 53.2 Å². The van der Waals surface area contributed by atoms with Crippen molar-refractivity contribution in [1.29, 1.82) is 0 Å². The third kappa shape index (κ3) is 4.43. The van der Waals surface area contributed by atoms with Gasteiger partial charge in [-0.25, -0.2) is 0 Å². The number of carbonyl (C=O) groups excluding carboxylic acids is 1. The molecule has 0 saturated carbocycles. The van der Waals surface area contributed by atoms with Crippen LogP contribution in [0.1, 0.15) is 5.56 Å². The third-order valence-corrected chi connectivity index (χ3v) is 5.33. The topological polar surface area (TPSA) is 74.7 Å². The second-order valence-electron chi connectivity index (χ2n) is 4.29. The monoisotopic (exact) mass is 397 g/mol. The van der Waals surface area contributed by atoms with Gasteiger partial charge in [-0.15, -0.1) is 0 Å². The van der Waals surface area contributed by atoms with Crippen molar-refractivity contribution in [2.45, 2.75) is 0 Å². The Hall–Kier alpha value is -0.640. The summed E-state index contributed by atoms with van der Waals surface area (Å²) in [6, 6.07) is 4.85. The van der Waals surface area contributed by atoms with Crippen LogP contribution in [0.4, 0.5) is 0 Å². The number of thioether (sulfide) groups is 1. The van der Waals surface area contributed by atoms with Gasteiger partial charge in [-0.2, -0.15) is 8.42 Å². The predicted octanol–water partition coefficient (Wildman–Crippen LogP) is 3.08. The number of benzene rings is 1. The summed E-state index contributed by atoms with van der Waals surface area (Å²) in [6.45, 7) is -0.199. The molecule has 0 spiro atoms. The highest BCUT2D eigenvalue weighted by Crippen LogP contribution is 2.34. The summed E-state index contributed by atoms with van der Waals surface area (Å²) in [5.41, 5.74) is 0.598. The smallest absolute Gasteiger partial charge is 0.266 e. The van der Waals surface area contributed by atoms with Gasteiger partial charge in [0.2, 0.25) is 0 Å². The minimum absolute atomic E-state index is 0.199. The maximum Gasteiger partial charge on any atom is 0.266 e. The Labute approximate surface area is 147 Å². The Morgan fingerprint density at radius 1 is 1.36 bits per heavy atom. The lowest BCUT2D eigenvalue weighted by Gasteiger charge is -2.12. The van der Waals surface area contributed by atoms with Gasteiger partial charge in [-0.05, 0) is 23.8 Å². The zero-order valence-electron chi connectivity index (χ0n) is 10.8. The van der Waals surface area contributed by atoms with Crippen LogP contribution in [-0.2, 0) is 14.9 Å². The first-order chi connectivity index (χ1) is 10.2. The SMILES string of the molecule is O=C1/C(=C\c2ccc(Cl)cc2Cl)SC(=S)N1CCS(=O)(=O)O. The molecule has 0 aromatic heterocycles. The molecule has 0 atom stereocenters. The largest absolute Gasteiger partial charge is 0.292 e. The number of halogens is 2. The van der Waals surface area contributed by atoms with Crippen LogP contribution < -0.4 is 0 Å². The summed E-state index contributed by atoms with van der Waals surface area (Å²) in [6.07, 6.45) is 1.56. The Balaban J connectivity index is 2.22. The Bertz CT molecular complexity index is 777. The van der Waals surface area contributed by atoms with Crippen LogP contribution in [-0.4, -0.2) is 40.4 Å². The molecule has 10 heteroatoms. The predicted molar refractivity (Wildman–Crippen MR) is 92.8 cm³/mol. The number of rotatable bonds is 4. The van der Waals surface area contributed by atoms with E-state index in [1.807, 2.05) is 0 Å². The van der Waals surface area contributed by atoms with Crippen molar-refractivity contribution >= 4 is 73.6 Å². The molecular weight excluding hydrogens is 389 g/mol. The van der Waals surface area contributed by atoms with Gasteiger partial charge in [0, 0.05) is 16.6 Å². The van der Waals surface area contributed by atoms with Crippen LogP contribution in [0.15, 0.2) is 23.1 Å². The van der Waals surface area contributed by atoms with Crippen LogP contribution in [0.5, 0.6) is 0 Å². The maximum atomic E-state index is 12.2. The van der Waals surface area contributed by atoms with Crippen molar-refractivity contribution in [3.8, 4) is 0 Å². The van der Waals surface area contributed by atoms with Crippen LogP contribution in [0.25, 0.3) is 6.08 Å². The lowest BCUT2D eigenvalue weighted by molar-refractivity contribution is -0.121. The number of amides is 1. The van der Waals surface area contributed by atoms with Crippen molar-refractivity contribution in [2.24, 2.45) is 0 Å². The van der Waals surface area contributed by atoms with E-state index in [-0.39, 0.29) is 10.9 Å². The normalized spacial score (nSPS) is 17.6. The van der Waals surface area contributed by atoms with Crippen molar-refractivity contribution in [1.82, 2.24) is 4.90 Å². The first-order valence-corrected chi connectivity index (χ1v) is 9.42. The molecule has 22 heavy (non-hydrogen) atoms. The second-order valence-corrected chi connectivity index (χ2v) is 8.38. The molecule has 1 aliphatic heterocycles. The van der Waals surface area contributed by atoms with Gasteiger partial charge in [0.15, 0.2) is 0 Å². The number of hydrogen-bond donors (Lipinski definition) is 1. The summed E-state index contributed by atoms with van der Waals surface area (Å²) in [5.74, 6) is -1.00. The minimum atomic E-state index is -4.16. The van der Waals surface area contributed by atoms with E-state index >= 15 is 0 Å². The standard InChI is InChI=1S/C12H9Cl2NO4S3/c13-8-2-1-7(9(14)6-8)5-10-11(16)15(12(20)21-10)3-4-22(17,18)19/h1-2,5-6H,3-4H2,(H,17,18,19)/b10-5+. The molecule has 0 bridgehead atoms. The minimum Gasteiger partial charge on any atom is -0.292 e. The van der Waals surface area contributed by atoms with Crippen molar-refractivity contribution < 1.29 is 17.8 Å². The zero-order chi connectivity index (χ0) is 16.5. The van der Waals surface area contributed by atoms with Crippen LogP contribution in [0, 0.1) is 0 Å². The van der Waals surface area contributed by atoms with Gasteiger partial charge in [0.25, 0.3) is 16.0 Å². The summed E-state index contributed by atoms with van der Waals surface area (Å²) >= 11 is 17.9. The number of nitrogens with zero attached hydrogens (tertiary/aromatic N) is 1. The molecule has 0 aliphatic carbocycles. The first-order valence-electron chi connectivity index (χ1n) is 5.83. The van der Waals surface area contributed by atoms with Crippen LogP contribution in [0.3, 0.4) is 0 Å². The molecule has 0 radical (unpaired) electrons. The van der Waals surface area contributed by atoms with Gasteiger partial charge < -0.3 is 0 Å². The van der Waals surface area contributed by atoms with Gasteiger partial charge in [-0.3, -0.25) is 14.2 Å². The second kappa shape index (κ2) is 6.86. The van der Waals surface area contributed by atoms with Crippen LogP contribution in [0.2, 0.25) is 10.0 Å². The van der Waals surface area contributed by atoms with Gasteiger partial charge in [0.05, 0.1) is 10.7 Å². The molecule has 0 unspecified atom stereocenters. The highest BCUT2D eigenvalue weighted by molar-refractivity contribution is 8.26. The molecule has 1 amide bonds. The average molecular weight is 398 g/mol. The molecule has 118 valence electrons. The van der Waals surface area contributed by atoms with E-state index in [1.165, 1.54) is 0 Å².